The number of nitrogens with zero attached hydrogens (tertiary/aromatic N) is 4. The molecule has 17 heavy (non-hydrogen) atoms. The van der Waals surface area contributed by atoms with Crippen molar-refractivity contribution < 1.29 is 13.9 Å². The minimum Gasteiger partial charge on any atom is -0.359 e. The van der Waals surface area contributed by atoms with Crippen molar-refractivity contribution in [1.29, 1.82) is 0 Å². The second kappa shape index (κ2) is 4.77. The minimum absolute atomic E-state index is 0.169. The minimum atomic E-state index is -0.277. The first-order valence-corrected chi connectivity index (χ1v) is 5.18. The summed E-state index contributed by atoms with van der Waals surface area (Å²) in [5, 5.41) is 10.7. The Hall–Kier alpha value is -2.18. The summed E-state index contributed by atoms with van der Waals surface area (Å²) in [4.78, 5) is 13.2. The van der Waals surface area contributed by atoms with E-state index >= 15 is 0 Å². The average Bonchev–Trinajstić information content (AvgIpc) is 2.98. The summed E-state index contributed by atoms with van der Waals surface area (Å²) in [5.41, 5.74) is 1.03. The van der Waals surface area contributed by atoms with Gasteiger partial charge < -0.3 is 9.42 Å². The Morgan fingerprint density at radius 2 is 2.29 bits per heavy atom. The monoisotopic (exact) mass is 236 g/mol. The molecule has 2 aromatic rings. The van der Waals surface area contributed by atoms with Gasteiger partial charge in [0.1, 0.15) is 6.20 Å². The fourth-order valence-electron chi connectivity index (χ4n) is 1.36. The molecule has 0 bridgehead atoms. The predicted molar refractivity (Wildman–Crippen MR) is 56.0 cm³/mol. The van der Waals surface area contributed by atoms with E-state index < -0.39 is 0 Å². The number of amides is 1. The van der Waals surface area contributed by atoms with Crippen molar-refractivity contribution in [2.24, 2.45) is 0 Å². The molecule has 0 atom stereocenters. The zero-order chi connectivity index (χ0) is 12.3. The standard InChI is InChI=1S/C10H12N4O3/c1-3-7-4-8(16-12-7)6-14(2)10(15)9-5-11-17-13-9/h4-5H,3,6H2,1-2H3. The summed E-state index contributed by atoms with van der Waals surface area (Å²) in [6.07, 6.45) is 2.07. The lowest BCUT2D eigenvalue weighted by Gasteiger charge is -2.12. The highest BCUT2D eigenvalue weighted by Crippen LogP contribution is 2.08. The molecule has 0 saturated heterocycles. The maximum atomic E-state index is 11.8. The van der Waals surface area contributed by atoms with Crippen molar-refractivity contribution in [2.75, 3.05) is 7.05 Å². The quantitative estimate of drug-likeness (QED) is 0.783. The van der Waals surface area contributed by atoms with Gasteiger partial charge in [-0.05, 0) is 11.6 Å². The molecule has 2 heterocycles. The molecule has 7 heteroatoms. The van der Waals surface area contributed by atoms with E-state index in [-0.39, 0.29) is 11.6 Å². The second-order valence-electron chi connectivity index (χ2n) is 3.59. The number of carbonyl (C=O) groups is 1. The predicted octanol–water partition coefficient (Wildman–Crippen LogP) is 0.892. The van der Waals surface area contributed by atoms with Gasteiger partial charge in [0, 0.05) is 13.1 Å². The molecule has 0 aliphatic heterocycles. The molecule has 7 nitrogen and oxygen atoms in total. The molecule has 2 aromatic heterocycles. The molecule has 0 N–H and O–H groups in total. The van der Waals surface area contributed by atoms with Crippen LogP contribution in [0.2, 0.25) is 0 Å². The van der Waals surface area contributed by atoms with E-state index in [9.17, 15) is 4.79 Å². The van der Waals surface area contributed by atoms with Gasteiger partial charge in [-0.3, -0.25) is 4.79 Å². The number of aryl methyl sites for hydroxylation is 1. The van der Waals surface area contributed by atoms with Crippen LogP contribution in [0.5, 0.6) is 0 Å². The molecule has 0 radical (unpaired) electrons. The van der Waals surface area contributed by atoms with Crippen LogP contribution < -0.4 is 0 Å². The Labute approximate surface area is 97.3 Å². The van der Waals surface area contributed by atoms with Crippen molar-refractivity contribution in [3.63, 3.8) is 0 Å². The summed E-state index contributed by atoms with van der Waals surface area (Å²) in [5.74, 6) is 0.356. The van der Waals surface area contributed by atoms with Gasteiger partial charge in [-0.1, -0.05) is 17.2 Å². The highest BCUT2D eigenvalue weighted by atomic mass is 16.6. The zero-order valence-corrected chi connectivity index (χ0v) is 9.58. The maximum absolute atomic E-state index is 11.8. The van der Waals surface area contributed by atoms with E-state index in [0.29, 0.717) is 12.3 Å². The Balaban J connectivity index is 2.01. The Morgan fingerprint density at radius 1 is 1.47 bits per heavy atom. The van der Waals surface area contributed by atoms with Gasteiger partial charge in [0.2, 0.25) is 0 Å². The lowest BCUT2D eigenvalue weighted by atomic mass is 10.3. The Morgan fingerprint density at radius 3 is 2.88 bits per heavy atom. The Kier molecular flexibility index (Phi) is 3.17. The van der Waals surface area contributed by atoms with E-state index in [1.165, 1.54) is 11.1 Å². The molecule has 0 saturated carbocycles. The largest absolute Gasteiger partial charge is 0.359 e. The molecular weight excluding hydrogens is 224 g/mol. The number of hydrogen-bond acceptors (Lipinski definition) is 6. The molecule has 0 spiro atoms. The van der Waals surface area contributed by atoms with Crippen LogP contribution in [0.1, 0.15) is 28.9 Å². The number of carbonyl (C=O) groups excluding carboxylic acids is 1. The molecule has 0 aliphatic rings. The third-order valence-electron chi connectivity index (χ3n) is 2.29. The molecule has 1 amide bonds. The van der Waals surface area contributed by atoms with Crippen molar-refractivity contribution in [1.82, 2.24) is 20.4 Å². The Bertz CT molecular complexity index is 491. The van der Waals surface area contributed by atoms with Gasteiger partial charge in [-0.25, -0.2) is 4.63 Å². The summed E-state index contributed by atoms with van der Waals surface area (Å²) < 4.78 is 9.46. The molecular formula is C10H12N4O3. The van der Waals surface area contributed by atoms with Crippen molar-refractivity contribution in [2.45, 2.75) is 19.9 Å². The molecule has 0 aliphatic carbocycles. The van der Waals surface area contributed by atoms with Crippen LogP contribution in [0.15, 0.2) is 21.4 Å². The first kappa shape index (κ1) is 11.3. The maximum Gasteiger partial charge on any atom is 0.277 e. The van der Waals surface area contributed by atoms with Crippen LogP contribution in [0.3, 0.4) is 0 Å². The fourth-order valence-corrected chi connectivity index (χ4v) is 1.36. The third-order valence-corrected chi connectivity index (χ3v) is 2.29. The second-order valence-corrected chi connectivity index (χ2v) is 3.59. The molecule has 0 unspecified atom stereocenters. The van der Waals surface area contributed by atoms with Crippen LogP contribution >= 0.6 is 0 Å². The first-order valence-electron chi connectivity index (χ1n) is 5.18. The molecule has 2 rings (SSSR count). The molecule has 90 valence electrons. The van der Waals surface area contributed by atoms with Crippen LogP contribution in [0.25, 0.3) is 0 Å². The zero-order valence-electron chi connectivity index (χ0n) is 9.58. The van der Waals surface area contributed by atoms with Gasteiger partial charge in [0.25, 0.3) is 5.91 Å². The third kappa shape index (κ3) is 2.49. The molecule has 0 aromatic carbocycles. The molecule has 0 fully saturated rings. The SMILES string of the molecule is CCc1cc(CN(C)C(=O)c2cnon2)on1. The van der Waals surface area contributed by atoms with E-state index in [2.05, 4.69) is 20.1 Å². The highest BCUT2D eigenvalue weighted by molar-refractivity contribution is 5.91. The van der Waals surface area contributed by atoms with Gasteiger partial charge in [-0.15, -0.1) is 0 Å². The van der Waals surface area contributed by atoms with Crippen molar-refractivity contribution in [3.8, 4) is 0 Å². The van der Waals surface area contributed by atoms with Crippen molar-refractivity contribution >= 4 is 5.91 Å². The number of rotatable bonds is 4. The van der Waals surface area contributed by atoms with Gasteiger partial charge in [-0.2, -0.15) is 0 Å². The lowest BCUT2D eigenvalue weighted by Crippen LogP contribution is -2.26. The van der Waals surface area contributed by atoms with E-state index in [4.69, 9.17) is 4.52 Å². The summed E-state index contributed by atoms with van der Waals surface area (Å²) in [6, 6.07) is 1.82. The average molecular weight is 236 g/mol. The summed E-state index contributed by atoms with van der Waals surface area (Å²) in [6.45, 7) is 2.32. The number of aromatic nitrogens is 3. The van der Waals surface area contributed by atoms with Crippen molar-refractivity contribution in [3.05, 3.63) is 29.4 Å². The normalized spacial score (nSPS) is 10.5. The summed E-state index contributed by atoms with van der Waals surface area (Å²) >= 11 is 0. The van der Waals surface area contributed by atoms with Gasteiger partial charge >= 0.3 is 0 Å². The fraction of sp³-hybridized carbons (Fsp3) is 0.400. The summed E-state index contributed by atoms with van der Waals surface area (Å²) in [7, 11) is 1.64. The topological polar surface area (TPSA) is 85.3 Å². The van der Waals surface area contributed by atoms with Crippen LogP contribution in [0.4, 0.5) is 0 Å². The van der Waals surface area contributed by atoms with Gasteiger partial charge in [0.05, 0.1) is 12.2 Å². The van der Waals surface area contributed by atoms with Gasteiger partial charge in [0.15, 0.2) is 11.5 Å². The van der Waals surface area contributed by atoms with Crippen LogP contribution in [-0.4, -0.2) is 33.3 Å². The smallest absolute Gasteiger partial charge is 0.277 e. The van der Waals surface area contributed by atoms with Crippen LogP contribution in [0, 0.1) is 0 Å². The van der Waals surface area contributed by atoms with Crippen LogP contribution in [-0.2, 0) is 13.0 Å². The first-order chi connectivity index (χ1) is 8.20. The highest BCUT2D eigenvalue weighted by Gasteiger charge is 2.17. The van der Waals surface area contributed by atoms with E-state index in [1.807, 2.05) is 13.0 Å². The van der Waals surface area contributed by atoms with E-state index in [1.54, 1.807) is 7.05 Å². The van der Waals surface area contributed by atoms with E-state index in [0.717, 1.165) is 12.1 Å². The lowest BCUT2D eigenvalue weighted by molar-refractivity contribution is 0.0761. The number of hydrogen-bond donors (Lipinski definition) is 0.